The third-order valence-electron chi connectivity index (χ3n) is 2.68. The molecule has 2 heterocycles. The maximum absolute atomic E-state index is 11.2. The molecule has 1 N–H and O–H groups in total. The van der Waals surface area contributed by atoms with Gasteiger partial charge in [0.05, 0.1) is 18.3 Å². The largest absolute Gasteiger partial charge is 0.476 e. The normalized spacial score (nSPS) is 12.3. The Kier molecular flexibility index (Phi) is 3.86. The minimum Gasteiger partial charge on any atom is -0.476 e. The van der Waals surface area contributed by atoms with Crippen molar-refractivity contribution < 1.29 is 14.6 Å². The first-order valence-electron chi connectivity index (χ1n) is 5.74. The van der Waals surface area contributed by atoms with Crippen LogP contribution in [0.3, 0.4) is 0 Å². The number of ether oxygens (including phenoxy) is 1. The summed E-state index contributed by atoms with van der Waals surface area (Å²) < 4.78 is 6.66. The molecule has 0 aliphatic heterocycles. The first kappa shape index (κ1) is 13.2. The number of methoxy groups -OCH3 is 1. The van der Waals surface area contributed by atoms with Crippen molar-refractivity contribution in [2.24, 2.45) is 0 Å². The van der Waals surface area contributed by atoms with E-state index in [9.17, 15) is 4.79 Å². The zero-order valence-electron chi connectivity index (χ0n) is 10.6. The number of nitrogens with zero attached hydrogens (tertiary/aromatic N) is 4. The average Bonchev–Trinajstić information content (AvgIpc) is 2.83. The van der Waals surface area contributed by atoms with Gasteiger partial charge in [-0.05, 0) is 19.1 Å². The van der Waals surface area contributed by atoms with Crippen LogP contribution < -0.4 is 0 Å². The number of rotatable bonds is 5. The fraction of sp³-hybridized carbons (Fsp3) is 0.333. The Morgan fingerprint density at radius 3 is 2.89 bits per heavy atom. The second-order valence-corrected chi connectivity index (χ2v) is 4.04. The standard InChI is InChI=1S/C12H14N4O3/c1-8(19-2)7-16-11(9-5-3-4-6-13-9)10(12(17)18)14-15-16/h3-6,8H,7H2,1-2H3,(H,17,18). The smallest absolute Gasteiger partial charge is 0.358 e. The highest BCUT2D eigenvalue weighted by molar-refractivity contribution is 5.92. The monoisotopic (exact) mass is 262 g/mol. The molecule has 2 aromatic rings. The minimum absolute atomic E-state index is 0.106. The predicted molar refractivity (Wildman–Crippen MR) is 66.7 cm³/mol. The van der Waals surface area contributed by atoms with Gasteiger partial charge in [-0.15, -0.1) is 5.10 Å². The summed E-state index contributed by atoms with van der Waals surface area (Å²) in [5, 5.41) is 16.7. The van der Waals surface area contributed by atoms with E-state index in [1.54, 1.807) is 31.5 Å². The third kappa shape index (κ3) is 2.76. The summed E-state index contributed by atoms with van der Waals surface area (Å²) >= 11 is 0. The molecule has 0 fully saturated rings. The molecule has 0 radical (unpaired) electrons. The van der Waals surface area contributed by atoms with Crippen molar-refractivity contribution in [3.8, 4) is 11.4 Å². The lowest BCUT2D eigenvalue weighted by molar-refractivity contribution is 0.0691. The molecule has 1 unspecified atom stereocenters. The van der Waals surface area contributed by atoms with Gasteiger partial charge < -0.3 is 9.84 Å². The van der Waals surface area contributed by atoms with Crippen LogP contribution in [0, 0.1) is 0 Å². The van der Waals surface area contributed by atoms with Crippen LogP contribution in [0.2, 0.25) is 0 Å². The summed E-state index contributed by atoms with van der Waals surface area (Å²) in [6.45, 7) is 2.27. The summed E-state index contributed by atoms with van der Waals surface area (Å²) in [6, 6.07) is 5.26. The van der Waals surface area contributed by atoms with E-state index in [-0.39, 0.29) is 11.8 Å². The van der Waals surface area contributed by atoms with Gasteiger partial charge in [0.2, 0.25) is 0 Å². The van der Waals surface area contributed by atoms with E-state index >= 15 is 0 Å². The average molecular weight is 262 g/mol. The number of aromatic carboxylic acids is 1. The highest BCUT2D eigenvalue weighted by Crippen LogP contribution is 2.20. The highest BCUT2D eigenvalue weighted by Gasteiger charge is 2.22. The van der Waals surface area contributed by atoms with Crippen LogP contribution in [-0.2, 0) is 11.3 Å². The Hall–Kier alpha value is -2.28. The van der Waals surface area contributed by atoms with Crippen molar-refractivity contribution in [3.63, 3.8) is 0 Å². The predicted octanol–water partition coefficient (Wildman–Crippen LogP) is 1.07. The molecule has 2 rings (SSSR count). The van der Waals surface area contributed by atoms with Crippen LogP contribution in [0.15, 0.2) is 24.4 Å². The first-order valence-corrected chi connectivity index (χ1v) is 5.74. The zero-order chi connectivity index (χ0) is 13.8. The van der Waals surface area contributed by atoms with Gasteiger partial charge in [0.15, 0.2) is 5.69 Å². The van der Waals surface area contributed by atoms with Gasteiger partial charge in [-0.2, -0.15) is 0 Å². The van der Waals surface area contributed by atoms with Gasteiger partial charge >= 0.3 is 5.97 Å². The molecular formula is C12H14N4O3. The van der Waals surface area contributed by atoms with E-state index in [2.05, 4.69) is 15.3 Å². The number of carboxylic acid groups (broad SMARTS) is 1. The molecule has 7 nitrogen and oxygen atoms in total. The van der Waals surface area contributed by atoms with Crippen molar-refractivity contribution in [1.29, 1.82) is 0 Å². The quantitative estimate of drug-likeness (QED) is 0.866. The number of carboxylic acids is 1. The highest BCUT2D eigenvalue weighted by atomic mass is 16.5. The fourth-order valence-electron chi connectivity index (χ4n) is 1.66. The first-order chi connectivity index (χ1) is 9.13. The molecule has 0 aliphatic carbocycles. The fourth-order valence-corrected chi connectivity index (χ4v) is 1.66. The molecule has 2 aromatic heterocycles. The Labute approximate surface area is 109 Å². The molecule has 0 aromatic carbocycles. The van der Waals surface area contributed by atoms with Crippen LogP contribution >= 0.6 is 0 Å². The Balaban J connectivity index is 2.48. The summed E-state index contributed by atoms with van der Waals surface area (Å²) in [5.41, 5.74) is 0.798. The van der Waals surface area contributed by atoms with E-state index in [1.807, 2.05) is 6.92 Å². The van der Waals surface area contributed by atoms with E-state index in [0.29, 0.717) is 17.9 Å². The molecule has 0 amide bonds. The van der Waals surface area contributed by atoms with Gasteiger partial charge in [0.25, 0.3) is 0 Å². The Morgan fingerprint density at radius 1 is 1.53 bits per heavy atom. The molecule has 19 heavy (non-hydrogen) atoms. The molecule has 0 saturated carbocycles. The summed E-state index contributed by atoms with van der Waals surface area (Å²) in [4.78, 5) is 15.3. The van der Waals surface area contributed by atoms with Crippen LogP contribution in [0.4, 0.5) is 0 Å². The molecule has 7 heteroatoms. The third-order valence-corrected chi connectivity index (χ3v) is 2.68. The van der Waals surface area contributed by atoms with Crippen molar-refractivity contribution in [3.05, 3.63) is 30.1 Å². The van der Waals surface area contributed by atoms with E-state index in [1.165, 1.54) is 4.68 Å². The molecule has 0 saturated heterocycles. The van der Waals surface area contributed by atoms with Crippen molar-refractivity contribution >= 4 is 5.97 Å². The van der Waals surface area contributed by atoms with Crippen molar-refractivity contribution in [1.82, 2.24) is 20.0 Å². The zero-order valence-corrected chi connectivity index (χ0v) is 10.6. The summed E-state index contributed by atoms with van der Waals surface area (Å²) in [5.74, 6) is -1.13. The lowest BCUT2D eigenvalue weighted by Crippen LogP contribution is -2.17. The van der Waals surface area contributed by atoms with Crippen molar-refractivity contribution in [2.75, 3.05) is 7.11 Å². The molecule has 0 aliphatic rings. The minimum atomic E-state index is -1.13. The SMILES string of the molecule is COC(C)Cn1nnc(C(=O)O)c1-c1ccccn1. The lowest BCUT2D eigenvalue weighted by Gasteiger charge is -2.11. The molecule has 0 bridgehead atoms. The lowest BCUT2D eigenvalue weighted by atomic mass is 10.2. The van der Waals surface area contributed by atoms with Crippen LogP contribution in [0.1, 0.15) is 17.4 Å². The molecule has 0 spiro atoms. The van der Waals surface area contributed by atoms with E-state index in [4.69, 9.17) is 9.84 Å². The van der Waals surface area contributed by atoms with Crippen LogP contribution in [0.5, 0.6) is 0 Å². The number of hydrogen-bond donors (Lipinski definition) is 1. The number of pyridine rings is 1. The maximum atomic E-state index is 11.2. The Bertz CT molecular complexity index is 568. The second kappa shape index (κ2) is 5.57. The van der Waals surface area contributed by atoms with E-state index < -0.39 is 5.97 Å². The number of hydrogen-bond acceptors (Lipinski definition) is 5. The maximum Gasteiger partial charge on any atom is 0.358 e. The number of aromatic nitrogens is 4. The van der Waals surface area contributed by atoms with Gasteiger partial charge in [-0.25, -0.2) is 9.48 Å². The number of carbonyl (C=O) groups is 1. The molecular weight excluding hydrogens is 248 g/mol. The Morgan fingerprint density at radius 2 is 2.32 bits per heavy atom. The summed E-state index contributed by atoms with van der Waals surface area (Å²) in [7, 11) is 1.58. The topological polar surface area (TPSA) is 90.1 Å². The molecule has 1 atom stereocenters. The van der Waals surface area contributed by atoms with E-state index in [0.717, 1.165) is 0 Å². The van der Waals surface area contributed by atoms with Gasteiger partial charge in [0, 0.05) is 13.3 Å². The molecule has 100 valence electrons. The van der Waals surface area contributed by atoms with Gasteiger partial charge in [0.1, 0.15) is 5.69 Å². The second-order valence-electron chi connectivity index (χ2n) is 4.04. The van der Waals surface area contributed by atoms with Gasteiger partial charge in [-0.1, -0.05) is 11.3 Å². The van der Waals surface area contributed by atoms with Crippen LogP contribution in [-0.4, -0.2) is 44.3 Å². The van der Waals surface area contributed by atoms with Crippen molar-refractivity contribution in [2.45, 2.75) is 19.6 Å². The van der Waals surface area contributed by atoms with Crippen LogP contribution in [0.25, 0.3) is 11.4 Å². The summed E-state index contributed by atoms with van der Waals surface area (Å²) in [6.07, 6.45) is 1.49. The van der Waals surface area contributed by atoms with Gasteiger partial charge in [-0.3, -0.25) is 4.98 Å².